The third-order valence-corrected chi connectivity index (χ3v) is 3.35. The number of hydrogen-bond donors (Lipinski definition) is 2. The SMILES string of the molecule is CCNc1cc(Nc2c(F)cc(F)cc2Cl)nc(SC)n1. The van der Waals surface area contributed by atoms with Gasteiger partial charge in [-0.25, -0.2) is 18.7 Å². The van der Waals surface area contributed by atoms with Crippen molar-refractivity contribution in [1.82, 2.24) is 9.97 Å². The van der Waals surface area contributed by atoms with Crippen LogP contribution in [0.1, 0.15) is 6.92 Å². The molecule has 2 N–H and O–H groups in total. The molecule has 0 radical (unpaired) electrons. The summed E-state index contributed by atoms with van der Waals surface area (Å²) in [7, 11) is 0. The van der Waals surface area contributed by atoms with Crippen molar-refractivity contribution in [3.8, 4) is 0 Å². The summed E-state index contributed by atoms with van der Waals surface area (Å²) >= 11 is 7.21. The van der Waals surface area contributed by atoms with Gasteiger partial charge in [0.05, 0.1) is 10.7 Å². The molecule has 0 saturated heterocycles. The van der Waals surface area contributed by atoms with E-state index in [-0.39, 0.29) is 10.7 Å². The molecule has 4 nitrogen and oxygen atoms in total. The van der Waals surface area contributed by atoms with Crippen LogP contribution < -0.4 is 10.6 Å². The van der Waals surface area contributed by atoms with Gasteiger partial charge in [-0.3, -0.25) is 0 Å². The van der Waals surface area contributed by atoms with Crippen molar-refractivity contribution >= 4 is 40.7 Å². The van der Waals surface area contributed by atoms with Gasteiger partial charge in [-0.1, -0.05) is 23.4 Å². The van der Waals surface area contributed by atoms with E-state index in [1.54, 1.807) is 6.07 Å². The van der Waals surface area contributed by atoms with Crippen LogP contribution in [0.25, 0.3) is 0 Å². The molecule has 0 aliphatic rings. The molecule has 0 spiro atoms. The van der Waals surface area contributed by atoms with Crippen LogP contribution in [0.5, 0.6) is 0 Å². The van der Waals surface area contributed by atoms with E-state index < -0.39 is 11.6 Å². The summed E-state index contributed by atoms with van der Waals surface area (Å²) in [6.07, 6.45) is 1.83. The maximum atomic E-state index is 13.8. The zero-order chi connectivity index (χ0) is 15.4. The third-order valence-electron chi connectivity index (χ3n) is 2.51. The van der Waals surface area contributed by atoms with E-state index in [2.05, 4.69) is 20.6 Å². The number of aromatic nitrogens is 2. The summed E-state index contributed by atoms with van der Waals surface area (Å²) in [5.41, 5.74) is -0.0220. The highest BCUT2D eigenvalue weighted by molar-refractivity contribution is 7.98. The molecule has 0 bridgehead atoms. The fraction of sp³-hybridized carbons (Fsp3) is 0.231. The number of anilines is 3. The molecule has 0 aliphatic carbocycles. The van der Waals surface area contributed by atoms with Crippen molar-refractivity contribution in [2.75, 3.05) is 23.4 Å². The summed E-state index contributed by atoms with van der Waals surface area (Å²) in [5.74, 6) is -0.533. The lowest BCUT2D eigenvalue weighted by Crippen LogP contribution is -2.04. The maximum absolute atomic E-state index is 13.8. The number of rotatable bonds is 5. The Morgan fingerprint density at radius 2 is 1.90 bits per heavy atom. The Kier molecular flexibility index (Phi) is 5.19. The van der Waals surface area contributed by atoms with Gasteiger partial charge in [0.25, 0.3) is 0 Å². The lowest BCUT2D eigenvalue weighted by Gasteiger charge is -2.11. The summed E-state index contributed by atoms with van der Waals surface area (Å²) in [6, 6.07) is 3.42. The first-order chi connectivity index (χ1) is 10.0. The Morgan fingerprint density at radius 3 is 2.52 bits per heavy atom. The van der Waals surface area contributed by atoms with Gasteiger partial charge < -0.3 is 10.6 Å². The number of benzene rings is 1. The summed E-state index contributed by atoms with van der Waals surface area (Å²) < 4.78 is 26.8. The monoisotopic (exact) mass is 330 g/mol. The quantitative estimate of drug-likeness (QED) is 0.632. The highest BCUT2D eigenvalue weighted by atomic mass is 35.5. The Labute approximate surface area is 130 Å². The van der Waals surface area contributed by atoms with E-state index in [0.29, 0.717) is 23.3 Å². The van der Waals surface area contributed by atoms with Crippen LogP contribution in [-0.2, 0) is 0 Å². The number of hydrogen-bond acceptors (Lipinski definition) is 5. The fourth-order valence-corrected chi connectivity index (χ4v) is 2.26. The molecule has 1 heterocycles. The predicted molar refractivity (Wildman–Crippen MR) is 82.6 cm³/mol. The number of nitrogens with one attached hydrogen (secondary N) is 2. The van der Waals surface area contributed by atoms with Crippen LogP contribution in [0.3, 0.4) is 0 Å². The second-order valence-electron chi connectivity index (χ2n) is 4.02. The van der Waals surface area contributed by atoms with E-state index >= 15 is 0 Å². The Bertz CT molecular complexity index is 631. The number of nitrogens with zero attached hydrogens (tertiary/aromatic N) is 2. The highest BCUT2D eigenvalue weighted by Gasteiger charge is 2.12. The molecule has 0 aliphatic heterocycles. The molecule has 0 saturated carbocycles. The molecular weight excluding hydrogens is 318 g/mol. The Balaban J connectivity index is 2.37. The van der Waals surface area contributed by atoms with Crippen LogP contribution in [-0.4, -0.2) is 22.8 Å². The second kappa shape index (κ2) is 6.91. The molecule has 112 valence electrons. The van der Waals surface area contributed by atoms with Crippen LogP contribution in [0.15, 0.2) is 23.4 Å². The molecular formula is C13H13ClF2N4S. The molecule has 1 aromatic carbocycles. The van der Waals surface area contributed by atoms with Gasteiger partial charge in [0.2, 0.25) is 0 Å². The molecule has 8 heteroatoms. The summed E-state index contributed by atoms with van der Waals surface area (Å²) in [6.45, 7) is 2.63. The molecule has 1 aromatic heterocycles. The Hall–Kier alpha value is -1.60. The minimum atomic E-state index is -0.783. The summed E-state index contributed by atoms with van der Waals surface area (Å²) in [5, 5.41) is 6.29. The predicted octanol–water partition coefficient (Wildman–Crippen LogP) is 4.31. The van der Waals surface area contributed by atoms with Crippen molar-refractivity contribution in [2.24, 2.45) is 0 Å². The third kappa shape index (κ3) is 3.95. The van der Waals surface area contributed by atoms with Gasteiger partial charge in [0.15, 0.2) is 11.0 Å². The molecule has 0 unspecified atom stereocenters. The van der Waals surface area contributed by atoms with Gasteiger partial charge in [-0.2, -0.15) is 0 Å². The molecule has 2 aromatic rings. The first-order valence-corrected chi connectivity index (χ1v) is 7.72. The molecule has 21 heavy (non-hydrogen) atoms. The van der Waals surface area contributed by atoms with Crippen LogP contribution >= 0.6 is 23.4 Å². The zero-order valence-corrected chi connectivity index (χ0v) is 12.9. The minimum absolute atomic E-state index is 0.0220. The van der Waals surface area contributed by atoms with E-state index in [4.69, 9.17) is 11.6 Å². The van der Waals surface area contributed by atoms with Crippen LogP contribution in [0.4, 0.5) is 26.1 Å². The lowest BCUT2D eigenvalue weighted by atomic mass is 10.3. The average Bonchev–Trinajstić information content (AvgIpc) is 2.43. The van der Waals surface area contributed by atoms with Gasteiger partial charge in [0.1, 0.15) is 17.5 Å². The highest BCUT2D eigenvalue weighted by Crippen LogP contribution is 2.30. The van der Waals surface area contributed by atoms with Gasteiger partial charge in [0, 0.05) is 18.7 Å². The van der Waals surface area contributed by atoms with Crippen molar-refractivity contribution in [3.05, 3.63) is 34.9 Å². The maximum Gasteiger partial charge on any atom is 0.191 e. The second-order valence-corrected chi connectivity index (χ2v) is 5.21. The van der Waals surface area contributed by atoms with E-state index in [1.807, 2.05) is 13.2 Å². The van der Waals surface area contributed by atoms with Crippen LogP contribution in [0.2, 0.25) is 5.02 Å². The van der Waals surface area contributed by atoms with E-state index in [9.17, 15) is 8.78 Å². The normalized spacial score (nSPS) is 10.5. The minimum Gasteiger partial charge on any atom is -0.370 e. The van der Waals surface area contributed by atoms with E-state index in [0.717, 1.165) is 12.1 Å². The van der Waals surface area contributed by atoms with Gasteiger partial charge in [-0.15, -0.1) is 0 Å². The topological polar surface area (TPSA) is 49.8 Å². The van der Waals surface area contributed by atoms with Crippen molar-refractivity contribution in [1.29, 1.82) is 0 Å². The van der Waals surface area contributed by atoms with Gasteiger partial charge >= 0.3 is 0 Å². The van der Waals surface area contributed by atoms with Crippen molar-refractivity contribution < 1.29 is 8.78 Å². The first-order valence-electron chi connectivity index (χ1n) is 6.12. The molecule has 2 rings (SSSR count). The molecule has 0 atom stereocenters. The van der Waals surface area contributed by atoms with Crippen LogP contribution in [0, 0.1) is 11.6 Å². The smallest absolute Gasteiger partial charge is 0.191 e. The van der Waals surface area contributed by atoms with Gasteiger partial charge in [-0.05, 0) is 19.2 Å². The number of thioether (sulfide) groups is 1. The van der Waals surface area contributed by atoms with Crippen molar-refractivity contribution in [3.63, 3.8) is 0 Å². The lowest BCUT2D eigenvalue weighted by molar-refractivity contribution is 0.586. The van der Waals surface area contributed by atoms with E-state index in [1.165, 1.54) is 11.8 Å². The average molecular weight is 331 g/mol. The standard InChI is InChI=1S/C13H13ClF2N4S/c1-3-17-10-6-11(20-13(19-10)21-2)18-12-8(14)4-7(15)5-9(12)16/h4-6H,3H2,1-2H3,(H2,17,18,19,20). The molecule has 0 amide bonds. The molecule has 0 fully saturated rings. The largest absolute Gasteiger partial charge is 0.370 e. The number of halogens is 3. The zero-order valence-electron chi connectivity index (χ0n) is 11.4. The fourth-order valence-electron chi connectivity index (χ4n) is 1.64. The Morgan fingerprint density at radius 1 is 1.19 bits per heavy atom. The summed E-state index contributed by atoms with van der Waals surface area (Å²) in [4.78, 5) is 8.47. The van der Waals surface area contributed by atoms with Crippen molar-refractivity contribution in [2.45, 2.75) is 12.1 Å². The first kappa shape index (κ1) is 15.8.